The first-order chi connectivity index (χ1) is 10.6. The van der Waals surface area contributed by atoms with Gasteiger partial charge in [0, 0.05) is 0 Å². The molecule has 8 heteroatoms. The van der Waals surface area contributed by atoms with Crippen LogP contribution in [0.25, 0.3) is 0 Å². The molecule has 4 bridgehead atoms. The Morgan fingerprint density at radius 1 is 1.17 bits per heavy atom. The van der Waals surface area contributed by atoms with Crippen LogP contribution in [0.2, 0.25) is 0 Å². The van der Waals surface area contributed by atoms with Crippen molar-refractivity contribution in [3.63, 3.8) is 0 Å². The maximum absolute atomic E-state index is 14.4. The molecule has 4 fully saturated rings. The van der Waals surface area contributed by atoms with Crippen molar-refractivity contribution in [2.45, 2.75) is 68.8 Å². The summed E-state index contributed by atoms with van der Waals surface area (Å²) in [6.45, 7) is 2.44. The lowest BCUT2D eigenvalue weighted by Gasteiger charge is -2.60. The first-order valence-electron chi connectivity index (χ1n) is 7.99. The van der Waals surface area contributed by atoms with Crippen molar-refractivity contribution >= 4 is 12.0 Å². The van der Waals surface area contributed by atoms with Crippen LogP contribution in [0.4, 0.5) is 8.78 Å². The SMILES string of the molecule is CC(C)(SOOO)C(F)(F)OCC12CC3CC(CC(O)(C3)C1)C2. The number of ether oxygens (including phenoxy) is 1. The molecule has 0 heterocycles. The Balaban J connectivity index is 1.65. The van der Waals surface area contributed by atoms with E-state index < -0.39 is 16.5 Å². The van der Waals surface area contributed by atoms with E-state index in [1.165, 1.54) is 13.8 Å². The molecule has 5 nitrogen and oxygen atoms in total. The van der Waals surface area contributed by atoms with Crippen LogP contribution < -0.4 is 0 Å². The second-order valence-electron chi connectivity index (χ2n) is 8.23. The van der Waals surface area contributed by atoms with Crippen LogP contribution in [-0.2, 0) is 14.1 Å². The summed E-state index contributed by atoms with van der Waals surface area (Å²) in [5, 5.41) is 22.2. The monoisotopic (exact) mass is 354 g/mol. The fourth-order valence-electron chi connectivity index (χ4n) is 5.14. The van der Waals surface area contributed by atoms with Crippen molar-refractivity contribution in [2.24, 2.45) is 17.3 Å². The summed E-state index contributed by atoms with van der Waals surface area (Å²) in [5.74, 6) is 0.846. The lowest BCUT2D eigenvalue weighted by molar-refractivity contribution is -0.433. The van der Waals surface area contributed by atoms with E-state index >= 15 is 0 Å². The molecule has 0 aromatic heterocycles. The van der Waals surface area contributed by atoms with Crippen LogP contribution in [0.15, 0.2) is 0 Å². The molecule has 0 aromatic rings. The predicted molar refractivity (Wildman–Crippen MR) is 79.4 cm³/mol. The third kappa shape index (κ3) is 3.39. The van der Waals surface area contributed by atoms with Gasteiger partial charge < -0.3 is 9.84 Å². The van der Waals surface area contributed by atoms with Crippen molar-refractivity contribution in [1.82, 2.24) is 0 Å². The van der Waals surface area contributed by atoms with Crippen molar-refractivity contribution in [3.8, 4) is 0 Å². The van der Waals surface area contributed by atoms with Crippen LogP contribution in [-0.4, -0.2) is 33.4 Å². The maximum atomic E-state index is 14.4. The molecular weight excluding hydrogens is 330 g/mol. The summed E-state index contributed by atoms with van der Waals surface area (Å²) in [4.78, 5) is 0. The van der Waals surface area contributed by atoms with Gasteiger partial charge in [0.25, 0.3) is 0 Å². The summed E-state index contributed by atoms with van der Waals surface area (Å²) >= 11 is 0.305. The Labute approximate surface area is 138 Å². The predicted octanol–water partition coefficient (Wildman–Crippen LogP) is 3.78. The second-order valence-corrected chi connectivity index (χ2v) is 9.55. The summed E-state index contributed by atoms with van der Waals surface area (Å²) in [6, 6.07) is 0. The van der Waals surface area contributed by atoms with Gasteiger partial charge in [-0.3, -0.25) is 0 Å². The number of aliphatic hydroxyl groups is 1. The van der Waals surface area contributed by atoms with Crippen LogP contribution >= 0.6 is 12.0 Å². The Morgan fingerprint density at radius 3 is 2.30 bits per heavy atom. The molecule has 0 aromatic carbocycles. The van der Waals surface area contributed by atoms with E-state index in [-0.39, 0.29) is 12.0 Å². The summed E-state index contributed by atoms with van der Waals surface area (Å²) in [6.07, 6.45) is 1.49. The lowest BCUT2D eigenvalue weighted by Crippen LogP contribution is -2.58. The highest BCUT2D eigenvalue weighted by Crippen LogP contribution is 2.62. The van der Waals surface area contributed by atoms with E-state index in [1.54, 1.807) is 0 Å². The molecule has 0 amide bonds. The standard InChI is InChI=1S/C15H24F2O5S/c1-12(2,23-22-21-19)15(16,17)20-9-13-4-10-3-11(5-13)7-14(18,6-10)8-13/h10-11,18-19H,3-9H2,1-2H3. The zero-order valence-corrected chi connectivity index (χ0v) is 14.2. The number of hydrogen-bond donors (Lipinski definition) is 2. The molecule has 0 aliphatic heterocycles. The Morgan fingerprint density at radius 2 is 1.78 bits per heavy atom. The van der Waals surface area contributed by atoms with Gasteiger partial charge in [-0.1, -0.05) is 5.04 Å². The zero-order chi connectivity index (χ0) is 16.9. The molecule has 0 spiro atoms. The molecule has 4 rings (SSSR count). The van der Waals surface area contributed by atoms with E-state index in [0.29, 0.717) is 30.3 Å². The summed E-state index contributed by atoms with van der Waals surface area (Å²) < 4.78 is 36.2. The highest BCUT2D eigenvalue weighted by atomic mass is 32.2. The van der Waals surface area contributed by atoms with Gasteiger partial charge in [-0.15, -0.1) is 4.33 Å². The third-order valence-corrected chi connectivity index (χ3v) is 6.47. The van der Waals surface area contributed by atoms with Gasteiger partial charge >= 0.3 is 6.11 Å². The smallest absolute Gasteiger partial charge is 0.372 e. The first-order valence-corrected chi connectivity index (χ1v) is 8.73. The lowest BCUT2D eigenvalue weighted by atomic mass is 9.48. The number of halogens is 2. The van der Waals surface area contributed by atoms with E-state index in [2.05, 4.69) is 9.37 Å². The normalized spacial score (nSPS) is 39.9. The highest BCUT2D eigenvalue weighted by molar-refractivity contribution is 7.96. The number of hydrogen-bond acceptors (Lipinski definition) is 6. The highest BCUT2D eigenvalue weighted by Gasteiger charge is 2.59. The van der Waals surface area contributed by atoms with Crippen molar-refractivity contribution in [2.75, 3.05) is 6.61 Å². The topological polar surface area (TPSA) is 68.2 Å². The maximum Gasteiger partial charge on any atom is 0.372 e. The minimum atomic E-state index is -3.46. The van der Waals surface area contributed by atoms with Gasteiger partial charge in [0.15, 0.2) is 0 Å². The minimum Gasteiger partial charge on any atom is -0.390 e. The van der Waals surface area contributed by atoms with Crippen molar-refractivity contribution in [1.29, 1.82) is 0 Å². The second kappa shape index (κ2) is 5.78. The van der Waals surface area contributed by atoms with Crippen molar-refractivity contribution in [3.05, 3.63) is 0 Å². The molecular formula is C15H24F2O5S. The molecule has 2 atom stereocenters. The fourth-order valence-corrected chi connectivity index (χ4v) is 5.49. The minimum absolute atomic E-state index is 0.0702. The van der Waals surface area contributed by atoms with Gasteiger partial charge in [0.05, 0.1) is 24.3 Å². The van der Waals surface area contributed by atoms with E-state index in [0.717, 1.165) is 32.1 Å². The van der Waals surface area contributed by atoms with E-state index in [1.807, 2.05) is 0 Å². The quantitative estimate of drug-likeness (QED) is 0.412. The molecule has 4 aliphatic carbocycles. The number of alkyl halides is 2. The molecule has 0 radical (unpaired) electrons. The molecule has 134 valence electrons. The average Bonchev–Trinajstić information content (AvgIpc) is 2.40. The molecule has 23 heavy (non-hydrogen) atoms. The van der Waals surface area contributed by atoms with Gasteiger partial charge in [-0.2, -0.15) is 8.78 Å². The average molecular weight is 354 g/mol. The van der Waals surface area contributed by atoms with Gasteiger partial charge in [0.1, 0.15) is 4.75 Å². The molecule has 2 unspecified atom stereocenters. The van der Waals surface area contributed by atoms with Crippen LogP contribution in [0, 0.1) is 17.3 Å². The zero-order valence-electron chi connectivity index (χ0n) is 13.4. The van der Waals surface area contributed by atoms with Gasteiger partial charge in [-0.25, -0.2) is 5.26 Å². The largest absolute Gasteiger partial charge is 0.390 e. The van der Waals surface area contributed by atoms with E-state index in [4.69, 9.17) is 9.99 Å². The molecule has 4 aliphatic rings. The van der Waals surface area contributed by atoms with E-state index in [9.17, 15) is 13.9 Å². The fraction of sp³-hybridized carbons (Fsp3) is 1.00. The Hall–Kier alpha value is 0.0100. The van der Waals surface area contributed by atoms with Crippen LogP contribution in [0.3, 0.4) is 0 Å². The Bertz CT molecular complexity index is 445. The molecule has 2 N–H and O–H groups in total. The van der Waals surface area contributed by atoms with Crippen LogP contribution in [0.1, 0.15) is 52.4 Å². The molecule has 4 saturated carbocycles. The number of rotatable bonds is 7. The summed E-state index contributed by atoms with van der Waals surface area (Å²) in [5.41, 5.74) is -1.04. The third-order valence-electron chi connectivity index (χ3n) is 5.68. The van der Waals surface area contributed by atoms with Gasteiger partial charge in [-0.05, 0) is 69.6 Å². The van der Waals surface area contributed by atoms with Gasteiger partial charge in [0.2, 0.25) is 0 Å². The Kier molecular flexibility index (Phi) is 4.48. The first kappa shape index (κ1) is 17.8. The summed E-state index contributed by atoms with van der Waals surface area (Å²) in [7, 11) is 0. The van der Waals surface area contributed by atoms with Crippen LogP contribution in [0.5, 0.6) is 0 Å². The molecule has 0 saturated heterocycles. The van der Waals surface area contributed by atoms with Crippen molar-refractivity contribution < 1.29 is 33.3 Å².